The fourth-order valence-electron chi connectivity index (χ4n) is 5.55. The number of aryl methyl sites for hydroxylation is 1. The monoisotopic (exact) mass is 559 g/mol. The van der Waals surface area contributed by atoms with Crippen molar-refractivity contribution < 1.29 is 32.8 Å². The standard InChI is InChI=1S/C26H31N9O5/c1-13-11-26(13,23(27)36)35-21-16(22(32-35)39-3)7-8-19(31-21)30-20-10-17-18(12-28-20)33(2)25(38)34(17)15-6-5-14(9-15)29-24(37)40-4/h7-8,10,12-15H,5-6,9,11H2,1-4H3,(H2,27,36)(H,29,37)(H,28,30,31)/t13-,14+,15+,26-/m0/s1/i2D3,3D3,4D3,14D. The van der Waals surface area contributed by atoms with Crippen LogP contribution in [0.15, 0.2) is 29.2 Å². The molecule has 4 heterocycles. The molecular formula is C26H31N9O5. The molecule has 14 heteroatoms. The third-order valence-electron chi connectivity index (χ3n) is 7.68. The smallest absolute Gasteiger partial charge is 0.407 e. The zero-order valence-electron chi connectivity index (χ0n) is 31.1. The van der Waals surface area contributed by atoms with Crippen molar-refractivity contribution in [2.24, 2.45) is 18.6 Å². The molecule has 2 amide bonds. The Labute approximate surface area is 242 Å². The number of pyridine rings is 2. The lowest BCUT2D eigenvalue weighted by Gasteiger charge is -2.15. The molecule has 14 nitrogen and oxygen atoms in total. The van der Waals surface area contributed by atoms with Gasteiger partial charge in [0.05, 0.1) is 46.3 Å². The molecule has 40 heavy (non-hydrogen) atoms. The highest BCUT2D eigenvalue weighted by atomic mass is 16.5. The van der Waals surface area contributed by atoms with Crippen LogP contribution in [-0.2, 0) is 22.0 Å². The van der Waals surface area contributed by atoms with E-state index < -0.39 is 56.3 Å². The van der Waals surface area contributed by atoms with E-state index in [9.17, 15) is 14.4 Å². The number of aromatic nitrogens is 6. The van der Waals surface area contributed by atoms with Crippen LogP contribution in [0, 0.1) is 5.92 Å². The lowest BCUT2D eigenvalue weighted by molar-refractivity contribution is -0.123. The predicted octanol–water partition coefficient (Wildman–Crippen LogP) is 1.90. The van der Waals surface area contributed by atoms with Crippen LogP contribution in [0.1, 0.15) is 52.4 Å². The molecule has 210 valence electrons. The molecule has 2 aliphatic carbocycles. The van der Waals surface area contributed by atoms with Gasteiger partial charge < -0.3 is 25.8 Å². The Morgan fingerprint density at radius 3 is 2.83 bits per heavy atom. The van der Waals surface area contributed by atoms with E-state index >= 15 is 0 Å². The summed E-state index contributed by atoms with van der Waals surface area (Å²) in [6.45, 7) is -1.13. The van der Waals surface area contributed by atoms with Crippen molar-refractivity contribution in [3.05, 3.63) is 34.9 Å². The van der Waals surface area contributed by atoms with E-state index in [2.05, 4.69) is 30.4 Å². The van der Waals surface area contributed by atoms with E-state index in [1.165, 1.54) is 33.6 Å². The van der Waals surface area contributed by atoms with Gasteiger partial charge >= 0.3 is 11.8 Å². The summed E-state index contributed by atoms with van der Waals surface area (Å²) in [7, 11) is -5.89. The molecule has 0 unspecified atom stereocenters. The summed E-state index contributed by atoms with van der Waals surface area (Å²) in [6, 6.07) is 1.84. The summed E-state index contributed by atoms with van der Waals surface area (Å²) in [5.41, 5.74) is 3.72. The minimum absolute atomic E-state index is 0.00660. The van der Waals surface area contributed by atoms with E-state index in [-0.39, 0.29) is 64.8 Å². The largest absolute Gasteiger partial charge is 0.479 e. The summed E-state index contributed by atoms with van der Waals surface area (Å²) < 4.78 is 89.1. The predicted molar refractivity (Wildman–Crippen MR) is 146 cm³/mol. The van der Waals surface area contributed by atoms with E-state index in [4.69, 9.17) is 24.2 Å². The van der Waals surface area contributed by atoms with Crippen LogP contribution in [0.3, 0.4) is 0 Å². The Bertz CT molecular complexity index is 2090. The molecule has 2 aliphatic rings. The number of methoxy groups -OCH3 is 2. The number of carbonyl (C=O) groups excluding carboxylic acids is 2. The number of amides is 2. The third-order valence-corrected chi connectivity index (χ3v) is 7.68. The highest BCUT2D eigenvalue weighted by Crippen LogP contribution is 2.51. The van der Waals surface area contributed by atoms with Gasteiger partial charge in [-0.1, -0.05) is 6.92 Å². The first kappa shape index (κ1) is 16.5. The summed E-state index contributed by atoms with van der Waals surface area (Å²) in [4.78, 5) is 47.1. The van der Waals surface area contributed by atoms with E-state index in [1.54, 1.807) is 6.92 Å². The molecule has 0 bridgehead atoms. The van der Waals surface area contributed by atoms with E-state index in [0.717, 1.165) is 0 Å². The number of anilines is 2. The number of ether oxygens (including phenoxy) is 2. The fourth-order valence-corrected chi connectivity index (χ4v) is 5.55. The fraction of sp³-hybridized carbons (Fsp3) is 0.462. The van der Waals surface area contributed by atoms with E-state index in [1.807, 2.05) is 0 Å². The first-order chi connectivity index (χ1) is 23.0. The lowest BCUT2D eigenvalue weighted by Crippen LogP contribution is -2.36. The summed E-state index contributed by atoms with van der Waals surface area (Å²) >= 11 is 0. The second-order valence-corrected chi connectivity index (χ2v) is 9.97. The maximum atomic E-state index is 13.6. The first-order valence-electron chi connectivity index (χ1n) is 17.3. The maximum absolute atomic E-state index is 13.6. The topological polar surface area (TPSA) is 173 Å². The Balaban J connectivity index is 1.38. The van der Waals surface area contributed by atoms with Crippen molar-refractivity contribution in [2.45, 2.75) is 50.2 Å². The quantitative estimate of drug-likeness (QED) is 0.306. The van der Waals surface area contributed by atoms with Crippen LogP contribution in [0.5, 0.6) is 5.88 Å². The number of nitrogens with one attached hydrogen (secondary N) is 2. The van der Waals surface area contributed by atoms with Gasteiger partial charge in [-0.25, -0.2) is 24.2 Å². The second-order valence-electron chi connectivity index (χ2n) is 9.97. The normalized spacial score (nSPS) is 30.3. The molecular weight excluding hydrogens is 518 g/mol. The molecule has 4 atom stereocenters. The van der Waals surface area contributed by atoms with E-state index in [0.29, 0.717) is 11.0 Å². The molecule has 4 N–H and O–H groups in total. The minimum atomic E-state index is -3.04. The van der Waals surface area contributed by atoms with Crippen LogP contribution in [0.4, 0.5) is 16.4 Å². The van der Waals surface area contributed by atoms with Crippen LogP contribution in [0.25, 0.3) is 22.1 Å². The zero-order chi connectivity index (χ0) is 36.8. The highest BCUT2D eigenvalue weighted by molar-refractivity contribution is 5.91. The third kappa shape index (κ3) is 3.85. The molecule has 0 spiro atoms. The number of nitrogens with two attached hydrogens (primary N) is 1. The summed E-state index contributed by atoms with van der Waals surface area (Å²) in [5, 5.41) is 9.65. The van der Waals surface area contributed by atoms with Gasteiger partial charge in [-0.3, -0.25) is 13.9 Å². The van der Waals surface area contributed by atoms with Gasteiger partial charge in [0.1, 0.15) is 17.2 Å². The number of carbonyl (C=O) groups is 2. The minimum Gasteiger partial charge on any atom is -0.479 e. The average Bonchev–Trinajstić information content (AvgIpc) is 3.17. The second kappa shape index (κ2) is 9.24. The molecule has 4 aromatic heterocycles. The number of fused-ring (bicyclic) bond motifs is 2. The Morgan fingerprint density at radius 2 is 2.10 bits per heavy atom. The van der Waals surface area contributed by atoms with Crippen LogP contribution < -0.4 is 26.8 Å². The number of imidazole rings is 1. The molecule has 2 saturated carbocycles. The molecule has 6 rings (SSSR count). The zero-order valence-corrected chi connectivity index (χ0v) is 21.1. The van der Waals surface area contributed by atoms with Crippen LogP contribution >= 0.6 is 0 Å². The van der Waals surface area contributed by atoms with Gasteiger partial charge in [0.15, 0.2) is 5.65 Å². The first-order valence-corrected chi connectivity index (χ1v) is 12.3. The Hall–Kier alpha value is -4.62. The number of rotatable bonds is 7. The highest BCUT2D eigenvalue weighted by Gasteiger charge is 2.60. The number of primary amides is 1. The van der Waals surface area contributed by atoms with Crippen molar-refractivity contribution in [1.82, 2.24) is 34.2 Å². The SMILES string of the molecule is [2H]C([2H])([2H])OC(=O)N[C@]1([2H])CC[C@@H](n2c(=O)n(C([2H])([2H])[2H])c3cnc(Nc4ccc5c(OC([2H])([2H])[2H])nn([C@@]6(C(N)=O)C[C@@H]6C)c5n4)cc32)C1. The van der Waals surface area contributed by atoms with Crippen molar-refractivity contribution >= 4 is 45.7 Å². The molecule has 2 fully saturated rings. The molecule has 0 aromatic carbocycles. The molecule has 4 aromatic rings. The number of hydrogen-bond acceptors (Lipinski definition) is 9. The number of nitrogens with zero attached hydrogens (tertiary/aromatic N) is 6. The van der Waals surface area contributed by atoms with Crippen molar-refractivity contribution in [2.75, 3.05) is 19.4 Å². The van der Waals surface area contributed by atoms with Crippen LogP contribution in [-0.4, -0.2) is 61.0 Å². The van der Waals surface area contributed by atoms with Gasteiger partial charge in [0, 0.05) is 29.2 Å². The number of alkyl carbamates (subject to hydrolysis) is 1. The Kier molecular flexibility index (Phi) is 3.81. The van der Waals surface area contributed by atoms with Crippen molar-refractivity contribution in [3.8, 4) is 5.88 Å². The van der Waals surface area contributed by atoms with Crippen molar-refractivity contribution in [1.29, 1.82) is 0 Å². The molecule has 0 saturated heterocycles. The van der Waals surface area contributed by atoms with Crippen LogP contribution in [0.2, 0.25) is 0 Å². The Morgan fingerprint density at radius 1 is 1.25 bits per heavy atom. The molecule has 0 radical (unpaired) electrons. The number of hydrogen-bond donors (Lipinski definition) is 3. The lowest BCUT2D eigenvalue weighted by atomic mass is 10.2. The average molecular weight is 560 g/mol. The van der Waals surface area contributed by atoms with Crippen molar-refractivity contribution in [3.63, 3.8) is 0 Å². The van der Waals surface area contributed by atoms with Gasteiger partial charge in [0.2, 0.25) is 11.8 Å². The van der Waals surface area contributed by atoms with Gasteiger partial charge in [-0.05, 0) is 43.7 Å². The summed E-state index contributed by atoms with van der Waals surface area (Å²) in [6.07, 6.45) is 0.124. The maximum Gasteiger partial charge on any atom is 0.407 e. The van der Waals surface area contributed by atoms with Gasteiger partial charge in [-0.2, -0.15) is 0 Å². The van der Waals surface area contributed by atoms with Gasteiger partial charge in [0.25, 0.3) is 0 Å². The molecule has 0 aliphatic heterocycles. The van der Waals surface area contributed by atoms with Gasteiger partial charge in [-0.15, -0.1) is 5.10 Å². The summed E-state index contributed by atoms with van der Waals surface area (Å²) in [5.74, 6) is -0.954.